The summed E-state index contributed by atoms with van der Waals surface area (Å²) < 4.78 is 0. The molecule has 1 aromatic carbocycles. The first-order valence-corrected chi connectivity index (χ1v) is 9.95. The smallest absolute Gasteiger partial charge is 0.350 e. The minimum Gasteiger partial charge on any atom is -0.372 e. The van der Waals surface area contributed by atoms with Gasteiger partial charge in [-0.25, -0.2) is 4.79 Å². The molecule has 7 heteroatoms. The van der Waals surface area contributed by atoms with Gasteiger partial charge in [-0.1, -0.05) is 36.4 Å². The Kier molecular flexibility index (Phi) is 6.94. The van der Waals surface area contributed by atoms with E-state index in [4.69, 9.17) is 0 Å². The average molecular weight is 394 g/mol. The van der Waals surface area contributed by atoms with E-state index in [1.165, 1.54) is 0 Å². The summed E-state index contributed by atoms with van der Waals surface area (Å²) in [6.07, 6.45) is 7.77. The van der Waals surface area contributed by atoms with E-state index in [9.17, 15) is 14.4 Å². The number of carbonyl (C=O) groups is 3. The number of rotatable bonds is 9. The molecule has 0 bridgehead atoms. The van der Waals surface area contributed by atoms with Crippen molar-refractivity contribution in [2.24, 2.45) is 10.9 Å². The topological polar surface area (TPSA) is 82.1 Å². The Labute approximate surface area is 170 Å². The molecule has 1 N–H and O–H groups in total. The fourth-order valence-electron chi connectivity index (χ4n) is 3.39. The first kappa shape index (κ1) is 20.5. The lowest BCUT2D eigenvalue weighted by atomic mass is 9.95. The number of imide groups is 1. The fourth-order valence-corrected chi connectivity index (χ4v) is 3.39. The fraction of sp³-hybridized carbons (Fsp3) is 0.364. The molecule has 0 aromatic heterocycles. The summed E-state index contributed by atoms with van der Waals surface area (Å²) in [5, 5.41) is 2.86. The van der Waals surface area contributed by atoms with Crippen molar-refractivity contribution in [1.82, 2.24) is 10.2 Å². The average Bonchev–Trinajstić information content (AvgIpc) is 2.74. The van der Waals surface area contributed by atoms with E-state index in [1.807, 2.05) is 18.2 Å². The third kappa shape index (κ3) is 5.19. The van der Waals surface area contributed by atoms with Crippen molar-refractivity contribution in [3.05, 3.63) is 54.6 Å². The maximum absolute atomic E-state index is 12.5. The third-order valence-electron chi connectivity index (χ3n) is 4.98. The number of urea groups is 1. The number of hydrogen-bond donors (Lipinski definition) is 1. The maximum Gasteiger partial charge on any atom is 0.350 e. The Morgan fingerprint density at radius 2 is 2.00 bits per heavy atom. The number of aliphatic imine (C=N–C) groups is 1. The zero-order chi connectivity index (χ0) is 20.6. The van der Waals surface area contributed by atoms with Gasteiger partial charge in [0.05, 0.1) is 11.6 Å². The predicted molar refractivity (Wildman–Crippen MR) is 113 cm³/mol. The highest BCUT2D eigenvalue weighted by molar-refractivity contribution is 6.21. The van der Waals surface area contributed by atoms with E-state index in [2.05, 4.69) is 34.3 Å². The molecule has 3 rings (SSSR count). The van der Waals surface area contributed by atoms with Gasteiger partial charge >= 0.3 is 6.03 Å². The van der Waals surface area contributed by atoms with Crippen LogP contribution in [0.4, 0.5) is 10.5 Å². The summed E-state index contributed by atoms with van der Waals surface area (Å²) in [6.45, 7) is 4.42. The quantitative estimate of drug-likeness (QED) is 0.653. The van der Waals surface area contributed by atoms with Crippen LogP contribution in [0.2, 0.25) is 0 Å². The second-order valence-corrected chi connectivity index (χ2v) is 6.90. The summed E-state index contributed by atoms with van der Waals surface area (Å²) >= 11 is 0. The van der Waals surface area contributed by atoms with Gasteiger partial charge in [0.25, 0.3) is 0 Å². The Balaban J connectivity index is 1.40. The van der Waals surface area contributed by atoms with Crippen LogP contribution >= 0.6 is 0 Å². The molecule has 0 spiro atoms. The molecule has 1 aliphatic heterocycles. The third-order valence-corrected chi connectivity index (χ3v) is 4.98. The van der Waals surface area contributed by atoms with Crippen molar-refractivity contribution in [3.8, 4) is 0 Å². The molecule has 0 saturated carbocycles. The van der Waals surface area contributed by atoms with E-state index >= 15 is 0 Å². The van der Waals surface area contributed by atoms with Gasteiger partial charge in [-0.2, -0.15) is 4.99 Å². The molecule has 1 heterocycles. The molecule has 152 valence electrons. The number of anilines is 1. The van der Waals surface area contributed by atoms with E-state index in [1.54, 1.807) is 24.3 Å². The molecule has 29 heavy (non-hydrogen) atoms. The highest BCUT2D eigenvalue weighted by atomic mass is 16.2. The number of amides is 4. The minimum absolute atomic E-state index is 0.0411. The SMILES string of the molecule is CCN(CCCNC(=O)CCN1C(=O)N=C2C=CC=CC2C1=O)c1ccccc1. The van der Waals surface area contributed by atoms with Gasteiger partial charge in [-0.3, -0.25) is 14.5 Å². The lowest BCUT2D eigenvalue weighted by Gasteiger charge is -2.28. The molecule has 0 saturated heterocycles. The predicted octanol–water partition coefficient (Wildman–Crippen LogP) is 2.55. The van der Waals surface area contributed by atoms with Crippen LogP contribution in [0, 0.1) is 5.92 Å². The number of carbonyl (C=O) groups excluding carboxylic acids is 3. The largest absolute Gasteiger partial charge is 0.372 e. The van der Waals surface area contributed by atoms with E-state index in [0.29, 0.717) is 12.3 Å². The first-order valence-electron chi connectivity index (χ1n) is 9.95. The van der Waals surface area contributed by atoms with Crippen molar-refractivity contribution in [3.63, 3.8) is 0 Å². The minimum atomic E-state index is -0.601. The molecule has 7 nitrogen and oxygen atoms in total. The number of hydrogen-bond acceptors (Lipinski definition) is 4. The number of benzene rings is 1. The van der Waals surface area contributed by atoms with Crippen LogP contribution in [0.3, 0.4) is 0 Å². The zero-order valence-electron chi connectivity index (χ0n) is 16.6. The van der Waals surface area contributed by atoms with E-state index in [0.717, 1.165) is 30.1 Å². The summed E-state index contributed by atoms with van der Waals surface area (Å²) in [5.41, 5.74) is 1.62. The van der Waals surface area contributed by atoms with Crippen LogP contribution in [-0.4, -0.2) is 54.6 Å². The Bertz CT molecular complexity index is 845. The van der Waals surface area contributed by atoms with Crippen LogP contribution in [0.5, 0.6) is 0 Å². The van der Waals surface area contributed by atoms with Crippen LogP contribution in [0.1, 0.15) is 19.8 Å². The number of allylic oxidation sites excluding steroid dienone is 3. The summed E-state index contributed by atoms with van der Waals surface area (Å²) in [6, 6.07) is 9.54. The van der Waals surface area contributed by atoms with Crippen LogP contribution < -0.4 is 10.2 Å². The van der Waals surface area contributed by atoms with E-state index < -0.39 is 11.9 Å². The van der Waals surface area contributed by atoms with Gasteiger partial charge in [0.1, 0.15) is 0 Å². The van der Waals surface area contributed by atoms with Crippen LogP contribution in [0.25, 0.3) is 0 Å². The Morgan fingerprint density at radius 1 is 1.21 bits per heavy atom. The van der Waals surface area contributed by atoms with Crippen molar-refractivity contribution in [1.29, 1.82) is 0 Å². The lowest BCUT2D eigenvalue weighted by Crippen LogP contribution is -2.47. The number of fused-ring (bicyclic) bond motifs is 1. The molecule has 2 aliphatic rings. The molecule has 0 fully saturated rings. The lowest BCUT2D eigenvalue weighted by molar-refractivity contribution is -0.130. The van der Waals surface area contributed by atoms with Gasteiger partial charge in [0, 0.05) is 38.3 Å². The first-order chi connectivity index (χ1) is 14.1. The molecule has 1 aliphatic carbocycles. The second-order valence-electron chi connectivity index (χ2n) is 6.90. The summed E-state index contributed by atoms with van der Waals surface area (Å²) in [7, 11) is 0. The number of nitrogens with zero attached hydrogens (tertiary/aromatic N) is 3. The van der Waals surface area contributed by atoms with Crippen LogP contribution in [0.15, 0.2) is 59.6 Å². The van der Waals surface area contributed by atoms with Gasteiger partial charge < -0.3 is 10.2 Å². The highest BCUT2D eigenvalue weighted by Crippen LogP contribution is 2.19. The van der Waals surface area contributed by atoms with Gasteiger partial charge in [-0.15, -0.1) is 0 Å². The number of para-hydroxylation sites is 1. The van der Waals surface area contributed by atoms with Crippen LogP contribution in [-0.2, 0) is 9.59 Å². The molecule has 4 amide bonds. The molecule has 1 atom stereocenters. The Hall–Kier alpha value is -3.22. The number of nitrogens with one attached hydrogen (secondary N) is 1. The highest BCUT2D eigenvalue weighted by Gasteiger charge is 2.35. The standard InChI is InChI=1S/C22H26N4O3/c1-2-25(17-9-4-3-5-10-17)15-8-14-23-20(27)13-16-26-21(28)18-11-6-7-12-19(18)24-22(26)29/h3-7,9-12,18H,2,8,13-16H2,1H3,(H,23,27). The molecular formula is C22H26N4O3. The van der Waals surface area contributed by atoms with Crippen molar-refractivity contribution in [2.45, 2.75) is 19.8 Å². The van der Waals surface area contributed by atoms with Gasteiger partial charge in [-0.05, 0) is 31.6 Å². The second kappa shape index (κ2) is 9.82. The normalized spacial score (nSPS) is 17.8. The molecule has 0 radical (unpaired) electrons. The molecular weight excluding hydrogens is 368 g/mol. The van der Waals surface area contributed by atoms with Gasteiger partial charge in [0.15, 0.2) is 0 Å². The van der Waals surface area contributed by atoms with Crippen molar-refractivity contribution in [2.75, 3.05) is 31.1 Å². The monoisotopic (exact) mass is 394 g/mol. The maximum atomic E-state index is 12.5. The van der Waals surface area contributed by atoms with Crippen molar-refractivity contribution < 1.29 is 14.4 Å². The Morgan fingerprint density at radius 3 is 2.76 bits per heavy atom. The zero-order valence-corrected chi connectivity index (χ0v) is 16.6. The van der Waals surface area contributed by atoms with Crippen molar-refractivity contribution >= 4 is 29.2 Å². The molecule has 1 unspecified atom stereocenters. The molecule has 1 aromatic rings. The summed E-state index contributed by atoms with van der Waals surface area (Å²) in [4.78, 5) is 44.0. The van der Waals surface area contributed by atoms with E-state index in [-0.39, 0.29) is 24.8 Å². The van der Waals surface area contributed by atoms with Gasteiger partial charge in [0.2, 0.25) is 11.8 Å². The summed E-state index contributed by atoms with van der Waals surface area (Å²) in [5.74, 6) is -1.03.